The van der Waals surface area contributed by atoms with Crippen molar-refractivity contribution >= 4 is 11.9 Å². The van der Waals surface area contributed by atoms with E-state index in [1.807, 2.05) is 0 Å². The third-order valence-electron chi connectivity index (χ3n) is 4.30. The molecule has 1 aliphatic rings. The van der Waals surface area contributed by atoms with Crippen LogP contribution in [0.1, 0.15) is 54.0 Å². The van der Waals surface area contributed by atoms with E-state index in [-0.39, 0.29) is 17.3 Å². The maximum Gasteiger partial charge on any atom is 0.339 e. The van der Waals surface area contributed by atoms with Crippen molar-refractivity contribution in [2.24, 2.45) is 18.9 Å². The first kappa shape index (κ1) is 14.6. The Hall–Kier alpha value is -1.85. The summed E-state index contributed by atoms with van der Waals surface area (Å²) < 4.78 is 1.35. The van der Waals surface area contributed by atoms with E-state index in [4.69, 9.17) is 5.11 Å². The van der Waals surface area contributed by atoms with Crippen LogP contribution in [-0.4, -0.2) is 32.8 Å². The van der Waals surface area contributed by atoms with Gasteiger partial charge in [0, 0.05) is 19.3 Å². The van der Waals surface area contributed by atoms with Crippen molar-refractivity contribution in [1.82, 2.24) is 15.1 Å². The maximum absolute atomic E-state index is 12.3. The van der Waals surface area contributed by atoms with Crippen molar-refractivity contribution in [3.63, 3.8) is 0 Å². The van der Waals surface area contributed by atoms with Gasteiger partial charge in [0.2, 0.25) is 0 Å². The highest BCUT2D eigenvalue weighted by Gasteiger charge is 2.30. The van der Waals surface area contributed by atoms with Crippen LogP contribution in [0.5, 0.6) is 0 Å². The van der Waals surface area contributed by atoms with E-state index in [9.17, 15) is 9.59 Å². The highest BCUT2D eigenvalue weighted by molar-refractivity contribution is 6.03. The van der Waals surface area contributed by atoms with Gasteiger partial charge in [-0.05, 0) is 18.3 Å². The van der Waals surface area contributed by atoms with Crippen LogP contribution in [0.2, 0.25) is 0 Å². The Morgan fingerprint density at radius 3 is 2.75 bits per heavy atom. The number of amides is 1. The van der Waals surface area contributed by atoms with Gasteiger partial charge in [-0.15, -0.1) is 0 Å². The lowest BCUT2D eigenvalue weighted by atomic mass is 9.78. The lowest BCUT2D eigenvalue weighted by Gasteiger charge is -2.34. The number of aromatic carboxylic acids is 1. The summed E-state index contributed by atoms with van der Waals surface area (Å²) in [6.07, 6.45) is 4.55. The quantitative estimate of drug-likeness (QED) is 0.881. The number of hydrogen-bond donors (Lipinski definition) is 2. The Labute approximate surface area is 118 Å². The van der Waals surface area contributed by atoms with E-state index in [1.54, 1.807) is 7.05 Å². The molecular formula is C14H21N3O3. The maximum atomic E-state index is 12.3. The summed E-state index contributed by atoms with van der Waals surface area (Å²) in [6, 6.07) is 0.0925. The van der Waals surface area contributed by atoms with Gasteiger partial charge in [0.25, 0.3) is 5.91 Å². The number of aryl methyl sites for hydroxylation is 1. The monoisotopic (exact) mass is 279 g/mol. The second-order valence-electron chi connectivity index (χ2n) is 5.72. The van der Waals surface area contributed by atoms with Crippen LogP contribution in [0.4, 0.5) is 0 Å². The number of carboxylic acid groups (broad SMARTS) is 1. The molecule has 1 amide bonds. The second kappa shape index (κ2) is 5.64. The molecule has 3 atom stereocenters. The molecule has 0 unspecified atom stereocenters. The van der Waals surface area contributed by atoms with Crippen LogP contribution >= 0.6 is 0 Å². The SMILES string of the molecule is C[C@@H]1[C@H](C)CCC[C@H]1NC(=O)c1nn(C)cc1C(=O)O. The van der Waals surface area contributed by atoms with Crippen LogP contribution in [0.15, 0.2) is 6.20 Å². The van der Waals surface area contributed by atoms with Gasteiger partial charge in [-0.2, -0.15) is 5.10 Å². The predicted octanol–water partition coefficient (Wildman–Crippen LogP) is 1.67. The lowest BCUT2D eigenvalue weighted by Crippen LogP contribution is -2.44. The Balaban J connectivity index is 2.14. The van der Waals surface area contributed by atoms with Crippen LogP contribution in [0, 0.1) is 11.8 Å². The van der Waals surface area contributed by atoms with Gasteiger partial charge in [-0.25, -0.2) is 4.79 Å². The molecule has 0 saturated heterocycles. The molecule has 2 rings (SSSR count). The molecular weight excluding hydrogens is 258 g/mol. The fourth-order valence-corrected chi connectivity index (χ4v) is 2.84. The molecule has 0 spiro atoms. The predicted molar refractivity (Wildman–Crippen MR) is 73.6 cm³/mol. The van der Waals surface area contributed by atoms with Crippen LogP contribution in [0.3, 0.4) is 0 Å². The average molecular weight is 279 g/mol. The number of nitrogens with one attached hydrogen (secondary N) is 1. The molecule has 1 heterocycles. The fourth-order valence-electron chi connectivity index (χ4n) is 2.84. The molecule has 110 valence electrons. The van der Waals surface area contributed by atoms with E-state index >= 15 is 0 Å². The zero-order chi connectivity index (χ0) is 14.9. The first-order valence-electron chi connectivity index (χ1n) is 6.98. The zero-order valence-corrected chi connectivity index (χ0v) is 12.1. The number of carbonyl (C=O) groups is 2. The normalized spacial score (nSPS) is 26.2. The summed E-state index contributed by atoms with van der Waals surface area (Å²) in [5.74, 6) is -0.566. The Morgan fingerprint density at radius 1 is 1.40 bits per heavy atom. The van der Waals surface area contributed by atoms with E-state index in [0.717, 1.165) is 12.8 Å². The van der Waals surface area contributed by atoms with Gasteiger partial charge < -0.3 is 10.4 Å². The van der Waals surface area contributed by atoms with Gasteiger partial charge in [0.05, 0.1) is 0 Å². The number of aromatic nitrogens is 2. The van der Waals surface area contributed by atoms with Gasteiger partial charge in [0.1, 0.15) is 5.56 Å². The number of carbonyl (C=O) groups excluding carboxylic acids is 1. The topological polar surface area (TPSA) is 84.2 Å². The number of hydrogen-bond acceptors (Lipinski definition) is 3. The third kappa shape index (κ3) is 2.84. The molecule has 0 radical (unpaired) electrons. The molecule has 0 bridgehead atoms. The second-order valence-corrected chi connectivity index (χ2v) is 5.72. The summed E-state index contributed by atoms with van der Waals surface area (Å²) in [6.45, 7) is 4.32. The molecule has 6 heteroatoms. The molecule has 2 N–H and O–H groups in total. The molecule has 1 aliphatic carbocycles. The number of rotatable bonds is 3. The summed E-state index contributed by atoms with van der Waals surface area (Å²) in [5.41, 5.74) is -0.0630. The first-order chi connectivity index (χ1) is 9.40. The van der Waals surface area contributed by atoms with Gasteiger partial charge in [-0.3, -0.25) is 9.48 Å². The standard InChI is InChI=1S/C14H21N3O3/c1-8-5-4-6-11(9(8)2)15-13(18)12-10(14(19)20)7-17(3)16-12/h7-9,11H,4-6H2,1-3H3,(H,15,18)(H,19,20)/t8-,9-,11-/m1/s1. The smallest absolute Gasteiger partial charge is 0.339 e. The van der Waals surface area contributed by atoms with Crippen molar-refractivity contribution < 1.29 is 14.7 Å². The van der Waals surface area contributed by atoms with E-state index in [1.165, 1.54) is 17.3 Å². The zero-order valence-electron chi connectivity index (χ0n) is 12.1. The van der Waals surface area contributed by atoms with E-state index in [2.05, 4.69) is 24.3 Å². The molecule has 0 aliphatic heterocycles. The minimum atomic E-state index is -1.13. The summed E-state index contributed by atoms with van der Waals surface area (Å²) >= 11 is 0. The minimum absolute atomic E-state index is 0.00886. The molecule has 1 saturated carbocycles. The molecule has 0 aromatic carbocycles. The van der Waals surface area contributed by atoms with Crippen LogP contribution in [-0.2, 0) is 7.05 Å². The Kier molecular flexibility index (Phi) is 4.11. The largest absolute Gasteiger partial charge is 0.478 e. The van der Waals surface area contributed by atoms with Crippen molar-refractivity contribution in [3.8, 4) is 0 Å². The third-order valence-corrected chi connectivity index (χ3v) is 4.30. The van der Waals surface area contributed by atoms with Gasteiger partial charge in [0.15, 0.2) is 5.69 Å². The van der Waals surface area contributed by atoms with Crippen LogP contribution in [0.25, 0.3) is 0 Å². The van der Waals surface area contributed by atoms with E-state index < -0.39 is 11.9 Å². The van der Waals surface area contributed by atoms with Crippen molar-refractivity contribution in [2.45, 2.75) is 39.2 Å². The number of nitrogens with zero attached hydrogens (tertiary/aromatic N) is 2. The first-order valence-corrected chi connectivity index (χ1v) is 6.98. The van der Waals surface area contributed by atoms with Crippen LogP contribution < -0.4 is 5.32 Å². The Bertz CT molecular complexity index is 524. The van der Waals surface area contributed by atoms with E-state index in [0.29, 0.717) is 11.8 Å². The molecule has 1 fully saturated rings. The summed E-state index contributed by atoms with van der Waals surface area (Å²) in [5, 5.41) is 16.0. The Morgan fingerprint density at radius 2 is 2.10 bits per heavy atom. The summed E-state index contributed by atoms with van der Waals surface area (Å²) in [4.78, 5) is 23.4. The van der Waals surface area contributed by atoms with Gasteiger partial charge >= 0.3 is 5.97 Å². The fraction of sp³-hybridized carbons (Fsp3) is 0.643. The van der Waals surface area contributed by atoms with Crippen molar-refractivity contribution in [2.75, 3.05) is 0 Å². The molecule has 20 heavy (non-hydrogen) atoms. The van der Waals surface area contributed by atoms with Crippen molar-refractivity contribution in [3.05, 3.63) is 17.5 Å². The molecule has 1 aromatic heterocycles. The van der Waals surface area contributed by atoms with Crippen molar-refractivity contribution in [1.29, 1.82) is 0 Å². The highest BCUT2D eigenvalue weighted by atomic mass is 16.4. The minimum Gasteiger partial charge on any atom is -0.478 e. The molecule has 6 nitrogen and oxygen atoms in total. The highest BCUT2D eigenvalue weighted by Crippen LogP contribution is 2.29. The lowest BCUT2D eigenvalue weighted by molar-refractivity contribution is 0.0689. The van der Waals surface area contributed by atoms with Gasteiger partial charge in [-0.1, -0.05) is 26.7 Å². The molecule has 1 aromatic rings. The average Bonchev–Trinajstić information content (AvgIpc) is 2.77. The summed E-state index contributed by atoms with van der Waals surface area (Å²) in [7, 11) is 1.61. The number of carboxylic acids is 1.